The summed E-state index contributed by atoms with van der Waals surface area (Å²) in [6, 6.07) is 0. The van der Waals surface area contributed by atoms with Crippen LogP contribution in [0.1, 0.15) is 79.1 Å². The third kappa shape index (κ3) is 3.94. The molecule has 1 N–H and O–H groups in total. The van der Waals surface area contributed by atoms with Crippen molar-refractivity contribution in [3.63, 3.8) is 0 Å². The molecule has 0 spiro atoms. The molecule has 4 aliphatic rings. The normalized spacial score (nSPS) is 46.6. The van der Waals surface area contributed by atoms with Crippen molar-refractivity contribution < 1.29 is 29.0 Å². The van der Waals surface area contributed by atoms with Crippen LogP contribution in [0.4, 0.5) is 0 Å². The van der Waals surface area contributed by atoms with Gasteiger partial charge in [0.15, 0.2) is 0 Å². The average molecular weight is 474 g/mol. The summed E-state index contributed by atoms with van der Waals surface area (Å²) in [6.07, 6.45) is 5.47. The molecule has 11 atom stereocenters. The van der Waals surface area contributed by atoms with Crippen LogP contribution in [-0.4, -0.2) is 50.0 Å². The molecule has 0 amide bonds. The fraction of sp³-hybridized carbons (Fsp3) is 0.889. The van der Waals surface area contributed by atoms with Crippen LogP contribution in [0.2, 0.25) is 5.82 Å². The van der Waals surface area contributed by atoms with Crippen molar-refractivity contribution >= 4 is 25.6 Å². The number of ether oxygens (including phenoxy) is 2. The van der Waals surface area contributed by atoms with Gasteiger partial charge in [0.2, 0.25) is 0 Å². The smallest absolute Gasteiger partial charge is 0.305 e. The average Bonchev–Trinajstić information content (AvgIpc) is 3.14. The highest BCUT2D eigenvalue weighted by molar-refractivity contribution is 6.24. The molecule has 4 saturated carbocycles. The lowest BCUT2D eigenvalue weighted by Crippen LogP contribution is -2.63. The van der Waals surface area contributed by atoms with Gasteiger partial charge in [-0.25, -0.2) is 0 Å². The molecule has 0 aromatic rings. The molecule has 7 heteroatoms. The van der Waals surface area contributed by atoms with Gasteiger partial charge >= 0.3 is 11.9 Å². The van der Waals surface area contributed by atoms with E-state index in [1.807, 2.05) is 7.85 Å². The first kappa shape index (κ1) is 25.7. The second-order valence-corrected chi connectivity index (χ2v) is 12.4. The second kappa shape index (κ2) is 9.26. The highest BCUT2D eigenvalue weighted by Crippen LogP contribution is 2.69. The highest BCUT2D eigenvalue weighted by Gasteiger charge is 2.67. The molecule has 0 radical (unpaired) electrons. The summed E-state index contributed by atoms with van der Waals surface area (Å²) in [4.78, 5) is 36.6. The molecule has 0 aromatic heterocycles. The summed E-state index contributed by atoms with van der Waals surface area (Å²) < 4.78 is 10.9. The molecule has 0 bridgehead atoms. The molecule has 4 rings (SSSR count). The van der Waals surface area contributed by atoms with E-state index in [2.05, 4.69) is 20.8 Å². The summed E-state index contributed by atoms with van der Waals surface area (Å²) in [5.74, 6) is 1.37. The fourth-order valence-corrected chi connectivity index (χ4v) is 9.34. The topological polar surface area (TPSA) is 89.9 Å². The van der Waals surface area contributed by atoms with Crippen LogP contribution in [-0.2, 0) is 23.9 Å². The number of methoxy groups -OCH3 is 1. The lowest BCUT2D eigenvalue weighted by atomic mass is 9.40. The van der Waals surface area contributed by atoms with Crippen LogP contribution in [0.3, 0.4) is 0 Å². The van der Waals surface area contributed by atoms with Gasteiger partial charge in [-0.1, -0.05) is 20.8 Å². The number of rotatable bonds is 5. The van der Waals surface area contributed by atoms with Crippen LogP contribution in [0.15, 0.2) is 0 Å². The standard InChI is InChI=1S/C27H43BO6/c1-14(6-9-23(32)33-5)16-7-8-17-24-18(13-22(31)27(16,17)4)26(3)11-10-20(30)25(28)19(26)12-21(24)34-15(2)29/h14,16-19,21-22,24-25,31H,6-13,28H2,1-5H3/t14-,16?,17+,18+,19-,21-,22+,24+,25+,26-,27-/m1/s1. The Morgan fingerprint density at radius 1 is 1.18 bits per heavy atom. The van der Waals surface area contributed by atoms with Crippen LogP contribution in [0.25, 0.3) is 0 Å². The molecule has 0 aromatic carbocycles. The minimum atomic E-state index is -0.437. The monoisotopic (exact) mass is 474 g/mol. The molecule has 0 aliphatic heterocycles. The van der Waals surface area contributed by atoms with Gasteiger partial charge in [0.1, 0.15) is 19.7 Å². The van der Waals surface area contributed by atoms with E-state index in [9.17, 15) is 19.5 Å². The lowest BCUT2D eigenvalue weighted by Gasteiger charge is -2.64. The first-order chi connectivity index (χ1) is 15.9. The number of Topliss-reactive ketones (excluding diaryl/α,β-unsaturated/α-hetero) is 1. The van der Waals surface area contributed by atoms with Crippen molar-refractivity contribution in [3.8, 4) is 0 Å². The number of hydrogen-bond donors (Lipinski definition) is 1. The minimum absolute atomic E-state index is 0.0223. The molecular formula is C27H43BO6. The highest BCUT2D eigenvalue weighted by atomic mass is 16.5. The number of esters is 2. The summed E-state index contributed by atoms with van der Waals surface area (Å²) in [7, 11) is 3.48. The molecule has 0 heterocycles. The van der Waals surface area contributed by atoms with Crippen LogP contribution < -0.4 is 0 Å². The van der Waals surface area contributed by atoms with Gasteiger partial charge in [0.05, 0.1) is 13.2 Å². The Bertz CT molecular complexity index is 830. The van der Waals surface area contributed by atoms with E-state index >= 15 is 0 Å². The van der Waals surface area contributed by atoms with Gasteiger partial charge in [-0.3, -0.25) is 9.59 Å². The van der Waals surface area contributed by atoms with Crippen LogP contribution >= 0.6 is 0 Å². The number of ketones is 1. The predicted molar refractivity (Wildman–Crippen MR) is 131 cm³/mol. The van der Waals surface area contributed by atoms with E-state index in [0.29, 0.717) is 36.9 Å². The van der Waals surface area contributed by atoms with Crippen LogP contribution in [0.5, 0.6) is 0 Å². The second-order valence-electron chi connectivity index (χ2n) is 12.4. The Balaban J connectivity index is 1.67. The molecule has 4 aliphatic carbocycles. The van der Waals surface area contributed by atoms with Crippen LogP contribution in [0, 0.1) is 46.3 Å². The van der Waals surface area contributed by atoms with E-state index in [0.717, 1.165) is 32.1 Å². The number of hydrogen-bond acceptors (Lipinski definition) is 6. The Kier molecular flexibility index (Phi) is 7.00. The summed E-state index contributed by atoms with van der Waals surface area (Å²) >= 11 is 0. The lowest BCUT2D eigenvalue weighted by molar-refractivity contribution is -0.211. The molecule has 0 saturated heterocycles. The van der Waals surface area contributed by atoms with E-state index in [4.69, 9.17) is 9.47 Å². The quantitative estimate of drug-likeness (QED) is 0.486. The molecule has 1 unspecified atom stereocenters. The number of fused-ring (bicyclic) bond motifs is 5. The van der Waals surface area contributed by atoms with E-state index in [-0.39, 0.29) is 58.4 Å². The zero-order valence-electron chi connectivity index (χ0n) is 21.8. The SMILES string of the molecule is B[C@@H]1C(=O)CC[C@@]2(C)[C@@H]1C[C@@H](OC(C)=O)[C@@H]1[C@@H]2C[C@H](O)[C@]2(C)C([C@H](C)CCC(=O)OC)CC[C@@H]12. The number of aliphatic hydroxyl groups is 1. The third-order valence-corrected chi connectivity index (χ3v) is 11.2. The van der Waals surface area contributed by atoms with Gasteiger partial charge in [-0.15, -0.1) is 0 Å². The fourth-order valence-electron chi connectivity index (χ4n) is 9.34. The van der Waals surface area contributed by atoms with Crippen molar-refractivity contribution in [1.29, 1.82) is 0 Å². The Morgan fingerprint density at radius 2 is 1.88 bits per heavy atom. The van der Waals surface area contributed by atoms with Crippen molar-refractivity contribution in [3.05, 3.63) is 0 Å². The molecule has 34 heavy (non-hydrogen) atoms. The number of aliphatic hydroxyl groups excluding tert-OH is 1. The number of carbonyl (C=O) groups is 3. The first-order valence-corrected chi connectivity index (χ1v) is 13.4. The Labute approximate surface area is 205 Å². The zero-order chi connectivity index (χ0) is 25.0. The number of carbonyl (C=O) groups excluding carboxylic acids is 3. The van der Waals surface area contributed by atoms with E-state index in [1.165, 1.54) is 14.0 Å². The largest absolute Gasteiger partial charge is 0.469 e. The molecule has 4 fully saturated rings. The minimum Gasteiger partial charge on any atom is -0.469 e. The summed E-state index contributed by atoms with van der Waals surface area (Å²) in [6.45, 7) is 8.28. The first-order valence-electron chi connectivity index (χ1n) is 13.4. The predicted octanol–water partition coefficient (Wildman–Crippen LogP) is 3.35. The van der Waals surface area contributed by atoms with Crippen molar-refractivity contribution in [2.24, 2.45) is 46.3 Å². The maximum Gasteiger partial charge on any atom is 0.305 e. The summed E-state index contributed by atoms with van der Waals surface area (Å²) in [5.41, 5.74) is -0.292. The van der Waals surface area contributed by atoms with Gasteiger partial charge in [0, 0.05) is 25.7 Å². The van der Waals surface area contributed by atoms with E-state index in [1.54, 1.807) is 0 Å². The van der Waals surface area contributed by atoms with Gasteiger partial charge in [0.25, 0.3) is 0 Å². The molecule has 190 valence electrons. The molecule has 6 nitrogen and oxygen atoms in total. The van der Waals surface area contributed by atoms with Crippen molar-refractivity contribution in [1.82, 2.24) is 0 Å². The van der Waals surface area contributed by atoms with Crippen molar-refractivity contribution in [2.75, 3.05) is 7.11 Å². The maximum absolute atomic E-state index is 12.6. The molecular weight excluding hydrogens is 431 g/mol. The maximum atomic E-state index is 12.6. The van der Waals surface area contributed by atoms with Gasteiger partial charge < -0.3 is 19.4 Å². The van der Waals surface area contributed by atoms with Crippen molar-refractivity contribution in [2.45, 2.75) is 97.1 Å². The Hall–Kier alpha value is -1.37. The Morgan fingerprint density at radius 3 is 2.53 bits per heavy atom. The van der Waals surface area contributed by atoms with E-state index < -0.39 is 6.10 Å². The van der Waals surface area contributed by atoms with Gasteiger partial charge in [-0.2, -0.15) is 0 Å². The third-order valence-electron chi connectivity index (χ3n) is 11.2. The zero-order valence-corrected chi connectivity index (χ0v) is 21.8. The summed E-state index contributed by atoms with van der Waals surface area (Å²) in [5, 5.41) is 11.7. The van der Waals surface area contributed by atoms with Gasteiger partial charge in [-0.05, 0) is 84.8 Å².